The minimum absolute atomic E-state index is 0.383. The summed E-state index contributed by atoms with van der Waals surface area (Å²) >= 11 is 0. The summed E-state index contributed by atoms with van der Waals surface area (Å²) in [6.45, 7) is 0. The van der Waals surface area contributed by atoms with Crippen molar-refractivity contribution in [1.82, 2.24) is 15.1 Å². The number of likely N-dealkylation sites (N-methyl/N-ethyl adjacent to an activating group) is 1. The van der Waals surface area contributed by atoms with Crippen LogP contribution in [0.3, 0.4) is 0 Å². The normalized spacial score (nSPS) is 38.4. The van der Waals surface area contributed by atoms with E-state index in [4.69, 9.17) is 0 Å². The first-order chi connectivity index (χ1) is 31.1. The fourth-order valence-corrected chi connectivity index (χ4v) is 15.1. The Balaban J connectivity index is 0.870. The molecule has 63 heavy (non-hydrogen) atoms. The predicted octanol–water partition coefficient (Wildman–Crippen LogP) is 14.5. The molecule has 3 nitrogen and oxygen atoms in total. The molecule has 1 aromatic carbocycles. The van der Waals surface area contributed by atoms with Gasteiger partial charge in [0.25, 0.3) is 0 Å². The third-order valence-electron chi connectivity index (χ3n) is 18.5. The average molecular weight is 842 g/mol. The summed E-state index contributed by atoms with van der Waals surface area (Å²) in [5, 5.41) is 4.14. The van der Waals surface area contributed by atoms with Gasteiger partial charge >= 0.3 is 0 Å². The Labute approximate surface area is 382 Å². The van der Waals surface area contributed by atoms with Crippen LogP contribution < -0.4 is 5.32 Å². The average Bonchev–Trinajstić information content (AvgIpc) is 3.69. The minimum atomic E-state index is 0.383. The molecule has 0 bridgehead atoms. The van der Waals surface area contributed by atoms with Gasteiger partial charge < -0.3 is 10.2 Å². The van der Waals surface area contributed by atoms with Crippen LogP contribution in [0.15, 0.2) is 132 Å². The maximum absolute atomic E-state index is 4.14. The van der Waals surface area contributed by atoms with Gasteiger partial charge in [-0.2, -0.15) is 0 Å². The highest BCUT2D eigenvalue weighted by Gasteiger charge is 2.47. The predicted molar refractivity (Wildman–Crippen MR) is 264 cm³/mol. The van der Waals surface area contributed by atoms with Crippen LogP contribution in [0.1, 0.15) is 164 Å². The van der Waals surface area contributed by atoms with Crippen LogP contribution in [-0.4, -0.2) is 41.0 Å². The van der Waals surface area contributed by atoms with Gasteiger partial charge in [0.2, 0.25) is 0 Å². The molecule has 3 saturated carbocycles. The van der Waals surface area contributed by atoms with Gasteiger partial charge in [-0.25, -0.2) is 0 Å². The maximum Gasteiger partial charge on any atom is 0.0405 e. The van der Waals surface area contributed by atoms with Gasteiger partial charge in [-0.15, -0.1) is 0 Å². The van der Waals surface area contributed by atoms with Gasteiger partial charge in [0, 0.05) is 59.9 Å². The Morgan fingerprint density at radius 3 is 2.29 bits per heavy atom. The van der Waals surface area contributed by atoms with Crippen LogP contribution >= 0.6 is 0 Å². The zero-order chi connectivity index (χ0) is 42.1. The Morgan fingerprint density at radius 1 is 0.635 bits per heavy atom. The molecule has 1 N–H and O–H groups in total. The highest BCUT2D eigenvalue weighted by atomic mass is 15.2. The lowest BCUT2D eigenvalue weighted by atomic mass is 9.66. The van der Waals surface area contributed by atoms with E-state index in [0.29, 0.717) is 59.8 Å². The van der Waals surface area contributed by atoms with Crippen LogP contribution in [0, 0.1) is 41.4 Å². The second-order valence-electron chi connectivity index (χ2n) is 22.1. The van der Waals surface area contributed by atoms with E-state index in [0.717, 1.165) is 30.6 Å². The highest BCUT2D eigenvalue weighted by Crippen LogP contribution is 2.54. The standard InChI is InChI=1S/C60H79N3/c1-62-58(46-32-28-44(29-33-46)42-16-5-2-6-17-42)40-52(41-59(62)47-34-30-45(31-35-47)43-18-7-3-8-19-43)63-57-27-14-12-25-54(57)55-37-36-49(39-60(55)63)48-20-15-21-50(38-48)53-24-11-13-26-56(53)61-51-22-9-4-10-23-51/h4-5,9-11,16,22,24,28-34,36-37,41-43,47-51,53-54,56-59,61H,2-3,6-8,12-15,17-21,23,25-27,35,38-40H2,1H3/t42?,47?,48?,49?,50-,51?,53?,54?,56?,57?,58?,59?/m0/s1. The van der Waals surface area contributed by atoms with E-state index in [1.54, 1.807) is 22.5 Å². The van der Waals surface area contributed by atoms with Crippen molar-refractivity contribution in [2.24, 2.45) is 41.4 Å². The second-order valence-corrected chi connectivity index (χ2v) is 22.1. The van der Waals surface area contributed by atoms with E-state index in [1.807, 2.05) is 0 Å². The van der Waals surface area contributed by atoms with Crippen LogP contribution in [0.4, 0.5) is 0 Å². The Hall–Kier alpha value is -3.40. The molecule has 12 atom stereocenters. The molecular formula is C60H79N3. The van der Waals surface area contributed by atoms with Crippen molar-refractivity contribution in [2.45, 2.75) is 177 Å². The molecule has 334 valence electrons. The monoisotopic (exact) mass is 842 g/mol. The number of fused-ring (bicyclic) bond motifs is 2. The number of allylic oxidation sites excluding steroid dienone is 11. The largest absolute Gasteiger partial charge is 0.345 e. The quantitative estimate of drug-likeness (QED) is 0.250. The van der Waals surface area contributed by atoms with Gasteiger partial charge in [0.15, 0.2) is 0 Å². The maximum atomic E-state index is 4.14. The summed E-state index contributed by atoms with van der Waals surface area (Å²) < 4.78 is 0. The Morgan fingerprint density at radius 2 is 1.46 bits per heavy atom. The summed E-state index contributed by atoms with van der Waals surface area (Å²) in [6.07, 6.45) is 64.6. The number of nitrogens with zero attached hydrogens (tertiary/aromatic N) is 2. The molecular weight excluding hydrogens is 763 g/mol. The highest BCUT2D eigenvalue weighted by molar-refractivity contribution is 5.43. The van der Waals surface area contributed by atoms with Gasteiger partial charge in [0.1, 0.15) is 0 Å². The van der Waals surface area contributed by atoms with E-state index in [2.05, 4.69) is 131 Å². The van der Waals surface area contributed by atoms with E-state index in [-0.39, 0.29) is 0 Å². The van der Waals surface area contributed by atoms with Crippen molar-refractivity contribution in [3.63, 3.8) is 0 Å². The lowest BCUT2D eigenvalue weighted by Crippen LogP contribution is -2.46. The van der Waals surface area contributed by atoms with Gasteiger partial charge in [-0.3, -0.25) is 4.90 Å². The summed E-state index contributed by atoms with van der Waals surface area (Å²) in [7, 11) is 2.47. The number of benzene rings is 1. The van der Waals surface area contributed by atoms with Crippen molar-refractivity contribution in [3.8, 4) is 0 Å². The summed E-state index contributed by atoms with van der Waals surface area (Å²) in [6, 6.07) is 12.5. The number of rotatable bonds is 9. The van der Waals surface area contributed by atoms with Crippen LogP contribution in [0.25, 0.3) is 0 Å². The molecule has 3 heteroatoms. The first-order valence-electron chi connectivity index (χ1n) is 26.7. The smallest absolute Gasteiger partial charge is 0.0405 e. The van der Waals surface area contributed by atoms with Crippen LogP contribution in [0.5, 0.6) is 0 Å². The molecule has 2 aliphatic heterocycles. The third kappa shape index (κ3) is 8.86. The van der Waals surface area contributed by atoms with E-state index >= 15 is 0 Å². The first-order valence-corrected chi connectivity index (χ1v) is 26.7. The van der Waals surface area contributed by atoms with Gasteiger partial charge in [0.05, 0.1) is 0 Å². The van der Waals surface area contributed by atoms with Gasteiger partial charge in [-0.1, -0.05) is 142 Å². The van der Waals surface area contributed by atoms with Crippen LogP contribution in [-0.2, 0) is 0 Å². The van der Waals surface area contributed by atoms with Crippen molar-refractivity contribution < 1.29 is 0 Å². The molecule has 1 aromatic rings. The molecule has 0 aromatic heterocycles. The summed E-state index contributed by atoms with van der Waals surface area (Å²) in [5.74, 6) is 5.49. The number of nitrogens with one attached hydrogen (secondary N) is 1. The van der Waals surface area contributed by atoms with E-state index in [1.165, 1.54) is 140 Å². The van der Waals surface area contributed by atoms with Crippen molar-refractivity contribution in [1.29, 1.82) is 0 Å². The molecule has 0 saturated heterocycles. The molecule has 0 amide bonds. The molecule has 3 fully saturated rings. The van der Waals surface area contributed by atoms with Crippen LogP contribution in [0.2, 0.25) is 0 Å². The first kappa shape index (κ1) is 42.2. The van der Waals surface area contributed by atoms with Crippen molar-refractivity contribution in [2.75, 3.05) is 7.05 Å². The number of hydrogen-bond acceptors (Lipinski definition) is 3. The van der Waals surface area contributed by atoms with E-state index in [9.17, 15) is 0 Å². The zero-order valence-corrected chi connectivity index (χ0v) is 38.8. The summed E-state index contributed by atoms with van der Waals surface area (Å²) in [5.41, 5.74) is 9.79. The Bertz CT molecular complexity index is 2050. The summed E-state index contributed by atoms with van der Waals surface area (Å²) in [4.78, 5) is 5.85. The molecule has 10 aliphatic rings. The second kappa shape index (κ2) is 19.2. The third-order valence-corrected chi connectivity index (χ3v) is 18.5. The topological polar surface area (TPSA) is 18.5 Å². The minimum Gasteiger partial charge on any atom is -0.345 e. The molecule has 0 radical (unpaired) electrons. The molecule has 11 rings (SSSR count). The molecule has 11 unspecified atom stereocenters. The lowest BCUT2D eigenvalue weighted by molar-refractivity contribution is 0.127. The van der Waals surface area contributed by atoms with E-state index < -0.39 is 0 Å². The lowest BCUT2D eigenvalue weighted by Gasteiger charge is -2.47. The molecule has 0 spiro atoms. The zero-order valence-electron chi connectivity index (χ0n) is 38.8. The fraction of sp³-hybridized carbons (Fsp3) is 0.600. The van der Waals surface area contributed by atoms with Crippen molar-refractivity contribution >= 4 is 0 Å². The Kier molecular flexibility index (Phi) is 12.9. The number of hydrogen-bond donors (Lipinski definition) is 1. The van der Waals surface area contributed by atoms with Crippen molar-refractivity contribution in [3.05, 3.63) is 143 Å². The molecule has 8 aliphatic carbocycles. The fourth-order valence-electron chi connectivity index (χ4n) is 15.1. The van der Waals surface area contributed by atoms with Gasteiger partial charge in [-0.05, 0) is 167 Å². The molecule has 2 heterocycles. The SMILES string of the molecule is CN1C(c2ccc(C3C=CCCC3)cc2)CC(N2C3=C(C=CC(C4CCC[C@H](C5C=CCCC5NC5C=CC=CC5)C4)C3)C3CCCCC32)=CC1C1C=CC(C2CCCCC2)=CC1.